The van der Waals surface area contributed by atoms with Gasteiger partial charge in [-0.25, -0.2) is 8.42 Å². The Morgan fingerprint density at radius 1 is 1.27 bits per heavy atom. The van der Waals surface area contributed by atoms with Gasteiger partial charge in [-0.15, -0.1) is 0 Å². The van der Waals surface area contributed by atoms with E-state index in [2.05, 4.69) is 10.0 Å². The number of sulfonamides is 1. The van der Waals surface area contributed by atoms with Gasteiger partial charge >= 0.3 is 0 Å². The molecule has 3 rings (SSSR count). The van der Waals surface area contributed by atoms with E-state index in [-0.39, 0.29) is 29.0 Å². The highest BCUT2D eigenvalue weighted by molar-refractivity contribution is 7.89. The first-order valence-electron chi connectivity index (χ1n) is 8.59. The number of morpholine rings is 1. The second kappa shape index (κ2) is 7.34. The van der Waals surface area contributed by atoms with Crippen molar-refractivity contribution in [2.24, 2.45) is 5.92 Å². The molecule has 142 valence electrons. The Kier molecular flexibility index (Phi) is 5.31. The fraction of sp³-hybridized carbons (Fsp3) is 0.529. The molecule has 2 N–H and O–H groups in total. The van der Waals surface area contributed by atoms with Crippen LogP contribution in [0.3, 0.4) is 0 Å². The maximum absolute atomic E-state index is 12.8. The minimum Gasteiger partial charge on any atom is -0.378 e. The first-order valence-corrected chi connectivity index (χ1v) is 10.1. The van der Waals surface area contributed by atoms with Gasteiger partial charge in [-0.3, -0.25) is 9.59 Å². The Labute approximate surface area is 152 Å². The largest absolute Gasteiger partial charge is 0.378 e. The van der Waals surface area contributed by atoms with Crippen LogP contribution >= 0.6 is 0 Å². The zero-order valence-corrected chi connectivity index (χ0v) is 15.6. The van der Waals surface area contributed by atoms with Crippen LogP contribution in [0.5, 0.6) is 0 Å². The molecule has 0 spiro atoms. The Hall–Kier alpha value is -1.97. The number of anilines is 1. The van der Waals surface area contributed by atoms with Gasteiger partial charge in [-0.2, -0.15) is 4.72 Å². The van der Waals surface area contributed by atoms with Crippen LogP contribution in [0.4, 0.5) is 5.69 Å². The zero-order chi connectivity index (χ0) is 18.9. The number of fused-ring (bicyclic) bond motifs is 1. The molecular formula is C17H23N3O5S. The number of hydrogen-bond acceptors (Lipinski definition) is 5. The molecule has 0 aromatic heterocycles. The van der Waals surface area contributed by atoms with Gasteiger partial charge in [0, 0.05) is 18.8 Å². The molecule has 1 aromatic carbocycles. The second-order valence-electron chi connectivity index (χ2n) is 6.82. The quantitative estimate of drug-likeness (QED) is 0.765. The predicted molar refractivity (Wildman–Crippen MR) is 95.1 cm³/mol. The molecule has 1 saturated heterocycles. The third-order valence-electron chi connectivity index (χ3n) is 4.55. The molecule has 0 saturated carbocycles. The maximum Gasteiger partial charge on any atom is 0.241 e. The first-order chi connectivity index (χ1) is 12.3. The Bertz CT molecular complexity index is 816. The predicted octanol–water partition coefficient (Wildman–Crippen LogP) is 0.343. The highest BCUT2D eigenvalue weighted by Gasteiger charge is 2.33. The summed E-state index contributed by atoms with van der Waals surface area (Å²) in [4.78, 5) is 25.9. The standard InChI is InChI=1S/C17H23N3O5S/c1-11(2)16(17(22)20-5-7-25-8-6-20)19-26(23,24)13-3-4-14-12(9-13)10-15(21)18-14/h3-4,9,11,16,19H,5-8,10H2,1-2H3,(H,18,21)/t16-/m1/s1. The van der Waals surface area contributed by atoms with Crippen molar-refractivity contribution < 1.29 is 22.7 Å². The van der Waals surface area contributed by atoms with Crippen molar-refractivity contribution in [2.45, 2.75) is 31.2 Å². The minimum atomic E-state index is -3.90. The molecule has 0 aliphatic carbocycles. The number of ether oxygens (including phenoxy) is 1. The van der Waals surface area contributed by atoms with Crippen LogP contribution in [0.25, 0.3) is 0 Å². The molecule has 26 heavy (non-hydrogen) atoms. The molecule has 8 nitrogen and oxygen atoms in total. The maximum atomic E-state index is 12.8. The molecule has 2 aliphatic heterocycles. The lowest BCUT2D eigenvalue weighted by Gasteiger charge is -2.32. The average molecular weight is 381 g/mol. The summed E-state index contributed by atoms with van der Waals surface area (Å²) in [5.74, 6) is -0.618. The van der Waals surface area contributed by atoms with E-state index in [1.165, 1.54) is 12.1 Å². The molecule has 0 radical (unpaired) electrons. The Balaban J connectivity index is 1.81. The van der Waals surface area contributed by atoms with E-state index < -0.39 is 16.1 Å². The average Bonchev–Trinajstić information content (AvgIpc) is 2.99. The van der Waals surface area contributed by atoms with E-state index in [0.717, 1.165) is 0 Å². The van der Waals surface area contributed by atoms with Crippen LogP contribution < -0.4 is 10.0 Å². The lowest BCUT2D eigenvalue weighted by molar-refractivity contribution is -0.138. The van der Waals surface area contributed by atoms with Gasteiger partial charge < -0.3 is 15.0 Å². The fourth-order valence-corrected chi connectivity index (χ4v) is 4.45. The van der Waals surface area contributed by atoms with Gasteiger partial charge in [0.1, 0.15) is 6.04 Å². The van der Waals surface area contributed by atoms with Crippen molar-refractivity contribution in [1.82, 2.24) is 9.62 Å². The third kappa shape index (κ3) is 3.89. The Morgan fingerprint density at radius 3 is 2.62 bits per heavy atom. The van der Waals surface area contributed by atoms with E-state index in [1.54, 1.807) is 24.8 Å². The minimum absolute atomic E-state index is 0.0492. The lowest BCUT2D eigenvalue weighted by Crippen LogP contribution is -2.53. The normalized spacial score (nSPS) is 18.6. The van der Waals surface area contributed by atoms with E-state index in [9.17, 15) is 18.0 Å². The molecule has 0 bridgehead atoms. The van der Waals surface area contributed by atoms with Gasteiger partial charge in [-0.1, -0.05) is 13.8 Å². The monoisotopic (exact) mass is 381 g/mol. The first kappa shape index (κ1) is 18.8. The van der Waals surface area contributed by atoms with E-state index in [0.29, 0.717) is 37.6 Å². The fourth-order valence-electron chi connectivity index (χ4n) is 3.06. The summed E-state index contributed by atoms with van der Waals surface area (Å²) in [6.45, 7) is 5.42. The third-order valence-corrected chi connectivity index (χ3v) is 5.99. The van der Waals surface area contributed by atoms with Gasteiger partial charge in [-0.05, 0) is 29.7 Å². The summed E-state index contributed by atoms with van der Waals surface area (Å²) in [6, 6.07) is 3.63. The molecule has 1 atom stereocenters. The molecule has 2 aliphatic rings. The number of benzene rings is 1. The highest BCUT2D eigenvalue weighted by atomic mass is 32.2. The Morgan fingerprint density at radius 2 is 1.96 bits per heavy atom. The van der Waals surface area contributed by atoms with Crippen LogP contribution in [0, 0.1) is 5.92 Å². The number of hydrogen-bond donors (Lipinski definition) is 2. The number of amides is 2. The molecule has 0 unspecified atom stereocenters. The molecule has 1 fully saturated rings. The van der Waals surface area contributed by atoms with Crippen molar-refractivity contribution in [3.05, 3.63) is 23.8 Å². The molecule has 9 heteroatoms. The molecule has 2 amide bonds. The number of nitrogens with zero attached hydrogens (tertiary/aromatic N) is 1. The summed E-state index contributed by atoms with van der Waals surface area (Å²) in [5.41, 5.74) is 1.26. The number of rotatable bonds is 5. The van der Waals surface area contributed by atoms with Gasteiger partial charge in [0.05, 0.1) is 24.5 Å². The van der Waals surface area contributed by atoms with E-state index in [4.69, 9.17) is 4.74 Å². The van der Waals surface area contributed by atoms with Crippen molar-refractivity contribution in [3.8, 4) is 0 Å². The van der Waals surface area contributed by atoms with Crippen molar-refractivity contribution in [1.29, 1.82) is 0 Å². The summed E-state index contributed by atoms with van der Waals surface area (Å²) in [7, 11) is -3.90. The number of carbonyl (C=O) groups is 2. The summed E-state index contributed by atoms with van der Waals surface area (Å²) in [5, 5.41) is 2.67. The topological polar surface area (TPSA) is 105 Å². The second-order valence-corrected chi connectivity index (χ2v) is 8.54. The van der Waals surface area contributed by atoms with Gasteiger partial charge in [0.15, 0.2) is 0 Å². The van der Waals surface area contributed by atoms with Crippen LogP contribution in [0.15, 0.2) is 23.1 Å². The number of carbonyl (C=O) groups excluding carboxylic acids is 2. The van der Waals surface area contributed by atoms with Crippen LogP contribution in [-0.2, 0) is 30.8 Å². The highest BCUT2D eigenvalue weighted by Crippen LogP contribution is 2.26. The van der Waals surface area contributed by atoms with Crippen LogP contribution in [0.2, 0.25) is 0 Å². The SMILES string of the molecule is CC(C)[C@@H](NS(=O)(=O)c1ccc2c(c1)CC(=O)N2)C(=O)N1CCOCC1. The smallest absolute Gasteiger partial charge is 0.241 e. The van der Waals surface area contributed by atoms with Crippen molar-refractivity contribution >= 4 is 27.5 Å². The summed E-state index contributed by atoms with van der Waals surface area (Å²) in [6.07, 6.45) is 0.152. The van der Waals surface area contributed by atoms with Crippen LogP contribution in [-0.4, -0.2) is 57.5 Å². The molecular weight excluding hydrogens is 358 g/mol. The molecule has 2 heterocycles. The summed E-state index contributed by atoms with van der Waals surface area (Å²) >= 11 is 0. The van der Waals surface area contributed by atoms with Crippen molar-refractivity contribution in [2.75, 3.05) is 31.6 Å². The van der Waals surface area contributed by atoms with Gasteiger partial charge in [0.25, 0.3) is 0 Å². The summed E-state index contributed by atoms with van der Waals surface area (Å²) < 4.78 is 33.4. The van der Waals surface area contributed by atoms with E-state index in [1.807, 2.05) is 0 Å². The van der Waals surface area contributed by atoms with Gasteiger partial charge in [0.2, 0.25) is 21.8 Å². The van der Waals surface area contributed by atoms with Crippen molar-refractivity contribution in [3.63, 3.8) is 0 Å². The lowest BCUT2D eigenvalue weighted by atomic mass is 10.0. The van der Waals surface area contributed by atoms with E-state index >= 15 is 0 Å². The van der Waals surface area contributed by atoms with Crippen LogP contribution in [0.1, 0.15) is 19.4 Å². The zero-order valence-electron chi connectivity index (χ0n) is 14.8. The number of nitrogens with one attached hydrogen (secondary N) is 2. The molecule has 1 aromatic rings.